The monoisotopic (exact) mass is 343 g/mol. The van der Waals surface area contributed by atoms with Gasteiger partial charge in [-0.05, 0) is 43.9 Å². The zero-order valence-electron chi connectivity index (χ0n) is 14.6. The third-order valence-electron chi connectivity index (χ3n) is 5.28. The summed E-state index contributed by atoms with van der Waals surface area (Å²) in [6.07, 6.45) is 3.35. The molecule has 0 bridgehead atoms. The highest BCUT2D eigenvalue weighted by Crippen LogP contribution is 2.24. The minimum atomic E-state index is -0.329. The molecular weight excluding hydrogens is 318 g/mol. The van der Waals surface area contributed by atoms with Crippen LogP contribution >= 0.6 is 0 Å². The summed E-state index contributed by atoms with van der Waals surface area (Å²) in [4.78, 5) is 39.4. The van der Waals surface area contributed by atoms with Gasteiger partial charge in [-0.2, -0.15) is 0 Å². The van der Waals surface area contributed by atoms with Crippen molar-refractivity contribution in [1.82, 2.24) is 4.90 Å². The number of hydrogen-bond acceptors (Lipinski definition) is 3. The second kappa shape index (κ2) is 7.25. The number of primary amides is 1. The van der Waals surface area contributed by atoms with Gasteiger partial charge >= 0.3 is 0 Å². The average molecular weight is 343 g/mol. The zero-order chi connectivity index (χ0) is 18.0. The number of carbonyl (C=O) groups is 3. The number of carbonyl (C=O) groups excluding carboxylic acids is 3. The summed E-state index contributed by atoms with van der Waals surface area (Å²) in [6, 6.07) is 7.73. The Labute approximate surface area is 148 Å². The maximum absolute atomic E-state index is 12.6. The van der Waals surface area contributed by atoms with Crippen LogP contribution in [0, 0.1) is 5.92 Å². The second-order valence-electron chi connectivity index (χ2n) is 7.06. The van der Waals surface area contributed by atoms with Crippen LogP contribution in [0.2, 0.25) is 0 Å². The highest BCUT2D eigenvalue weighted by molar-refractivity contribution is 5.95. The van der Waals surface area contributed by atoms with E-state index in [1.54, 1.807) is 9.80 Å². The predicted octanol–water partition coefficient (Wildman–Crippen LogP) is 1.47. The zero-order valence-corrected chi connectivity index (χ0v) is 14.6. The van der Waals surface area contributed by atoms with Crippen LogP contribution in [0.4, 0.5) is 5.69 Å². The highest BCUT2D eigenvalue weighted by atomic mass is 16.2. The summed E-state index contributed by atoms with van der Waals surface area (Å²) < 4.78 is 0. The Balaban J connectivity index is 1.64. The molecule has 2 fully saturated rings. The summed E-state index contributed by atoms with van der Waals surface area (Å²) in [5.41, 5.74) is 7.20. The predicted molar refractivity (Wildman–Crippen MR) is 94.8 cm³/mol. The number of amides is 3. The first kappa shape index (κ1) is 17.5. The van der Waals surface area contributed by atoms with E-state index < -0.39 is 0 Å². The lowest BCUT2D eigenvalue weighted by Gasteiger charge is -2.37. The molecule has 2 aliphatic heterocycles. The molecule has 0 aliphatic carbocycles. The van der Waals surface area contributed by atoms with Gasteiger partial charge in [0.15, 0.2) is 0 Å². The van der Waals surface area contributed by atoms with Crippen LogP contribution in [0.5, 0.6) is 0 Å². The number of benzene rings is 1. The standard InChI is InChI=1S/C19H25N3O3/c1-13-4-7-15(19(20)25)12-22(13)18(24)11-14-5-8-16(9-6-14)21-10-2-3-17(21)23/h5-6,8-9,13,15H,2-4,7,10-12H2,1H3,(H2,20,25)/t13-,15+/m1/s1. The molecule has 6 heteroatoms. The van der Waals surface area contributed by atoms with Crippen molar-refractivity contribution in [3.05, 3.63) is 29.8 Å². The fourth-order valence-electron chi connectivity index (χ4n) is 3.68. The molecule has 1 aromatic carbocycles. The lowest BCUT2D eigenvalue weighted by Crippen LogP contribution is -2.49. The minimum Gasteiger partial charge on any atom is -0.369 e. The number of anilines is 1. The van der Waals surface area contributed by atoms with E-state index in [4.69, 9.17) is 5.73 Å². The number of hydrogen-bond donors (Lipinski definition) is 1. The maximum atomic E-state index is 12.6. The minimum absolute atomic E-state index is 0.0171. The lowest BCUT2D eigenvalue weighted by molar-refractivity contribution is -0.137. The van der Waals surface area contributed by atoms with Crippen molar-refractivity contribution in [3.63, 3.8) is 0 Å². The van der Waals surface area contributed by atoms with Crippen molar-refractivity contribution in [3.8, 4) is 0 Å². The molecule has 1 aromatic rings. The Morgan fingerprint density at radius 2 is 1.92 bits per heavy atom. The Morgan fingerprint density at radius 1 is 1.20 bits per heavy atom. The Kier molecular flexibility index (Phi) is 5.06. The van der Waals surface area contributed by atoms with Crippen LogP contribution in [0.15, 0.2) is 24.3 Å². The summed E-state index contributed by atoms with van der Waals surface area (Å²) in [7, 11) is 0. The van der Waals surface area contributed by atoms with E-state index >= 15 is 0 Å². The van der Waals surface area contributed by atoms with Crippen LogP contribution < -0.4 is 10.6 Å². The van der Waals surface area contributed by atoms with Gasteiger partial charge in [0.2, 0.25) is 17.7 Å². The molecule has 25 heavy (non-hydrogen) atoms. The molecule has 2 saturated heterocycles. The van der Waals surface area contributed by atoms with E-state index in [1.165, 1.54) is 0 Å². The molecular formula is C19H25N3O3. The third kappa shape index (κ3) is 3.83. The van der Waals surface area contributed by atoms with E-state index in [9.17, 15) is 14.4 Å². The molecule has 2 aliphatic rings. The first-order valence-corrected chi connectivity index (χ1v) is 8.94. The summed E-state index contributed by atoms with van der Waals surface area (Å²) >= 11 is 0. The van der Waals surface area contributed by atoms with E-state index in [0.29, 0.717) is 19.4 Å². The van der Waals surface area contributed by atoms with Crippen molar-refractivity contribution >= 4 is 23.4 Å². The van der Waals surface area contributed by atoms with E-state index in [2.05, 4.69) is 0 Å². The summed E-state index contributed by atoms with van der Waals surface area (Å²) in [6.45, 7) is 3.18. The SMILES string of the molecule is C[C@@H]1CC[C@H](C(N)=O)CN1C(=O)Cc1ccc(N2CCCC2=O)cc1. The Morgan fingerprint density at radius 3 is 2.52 bits per heavy atom. The largest absolute Gasteiger partial charge is 0.369 e. The topological polar surface area (TPSA) is 83.7 Å². The normalized spacial score (nSPS) is 23.8. The first-order valence-electron chi connectivity index (χ1n) is 8.94. The van der Waals surface area contributed by atoms with Gasteiger partial charge in [0.05, 0.1) is 12.3 Å². The molecule has 0 aromatic heterocycles. The van der Waals surface area contributed by atoms with Crippen LogP contribution in [0.3, 0.4) is 0 Å². The first-order chi connectivity index (χ1) is 12.0. The fourth-order valence-corrected chi connectivity index (χ4v) is 3.68. The lowest BCUT2D eigenvalue weighted by atomic mass is 9.92. The quantitative estimate of drug-likeness (QED) is 0.898. The molecule has 0 unspecified atom stereocenters. The molecule has 134 valence electrons. The number of nitrogens with zero attached hydrogens (tertiary/aromatic N) is 2. The van der Waals surface area contributed by atoms with Crippen molar-refractivity contribution < 1.29 is 14.4 Å². The van der Waals surface area contributed by atoms with Crippen molar-refractivity contribution in [2.24, 2.45) is 11.7 Å². The summed E-state index contributed by atoms with van der Waals surface area (Å²) in [5, 5.41) is 0. The number of piperidine rings is 1. The smallest absolute Gasteiger partial charge is 0.227 e. The van der Waals surface area contributed by atoms with Crippen LogP contribution in [0.1, 0.15) is 38.2 Å². The molecule has 3 rings (SSSR count). The van der Waals surface area contributed by atoms with Crippen molar-refractivity contribution in [1.29, 1.82) is 0 Å². The van der Waals surface area contributed by atoms with Gasteiger partial charge in [0, 0.05) is 31.2 Å². The molecule has 2 atom stereocenters. The fraction of sp³-hybridized carbons (Fsp3) is 0.526. The molecule has 0 radical (unpaired) electrons. The molecule has 3 amide bonds. The summed E-state index contributed by atoms with van der Waals surface area (Å²) in [5.74, 6) is -0.403. The van der Waals surface area contributed by atoms with Gasteiger partial charge in [-0.1, -0.05) is 12.1 Å². The number of likely N-dealkylation sites (tertiary alicyclic amines) is 1. The van der Waals surface area contributed by atoms with Gasteiger partial charge in [0.25, 0.3) is 0 Å². The van der Waals surface area contributed by atoms with E-state index in [0.717, 1.165) is 37.1 Å². The van der Waals surface area contributed by atoms with Crippen molar-refractivity contribution in [2.75, 3.05) is 18.0 Å². The molecule has 2 heterocycles. The van der Waals surface area contributed by atoms with Gasteiger partial charge in [-0.3, -0.25) is 14.4 Å². The maximum Gasteiger partial charge on any atom is 0.227 e. The number of rotatable bonds is 4. The molecule has 2 N–H and O–H groups in total. The second-order valence-corrected chi connectivity index (χ2v) is 7.06. The van der Waals surface area contributed by atoms with E-state index in [1.807, 2.05) is 31.2 Å². The number of nitrogens with two attached hydrogens (primary N) is 1. The molecule has 6 nitrogen and oxygen atoms in total. The van der Waals surface area contributed by atoms with Gasteiger partial charge in [0.1, 0.15) is 0 Å². The van der Waals surface area contributed by atoms with E-state index in [-0.39, 0.29) is 29.7 Å². The van der Waals surface area contributed by atoms with Gasteiger partial charge < -0.3 is 15.5 Å². The highest BCUT2D eigenvalue weighted by Gasteiger charge is 2.31. The molecule has 0 saturated carbocycles. The average Bonchev–Trinajstić information content (AvgIpc) is 3.01. The van der Waals surface area contributed by atoms with Crippen LogP contribution in [-0.4, -0.2) is 41.8 Å². The van der Waals surface area contributed by atoms with Crippen LogP contribution in [0.25, 0.3) is 0 Å². The van der Waals surface area contributed by atoms with Gasteiger partial charge in [-0.15, -0.1) is 0 Å². The van der Waals surface area contributed by atoms with Gasteiger partial charge in [-0.25, -0.2) is 0 Å². The molecule has 0 spiro atoms. The Hall–Kier alpha value is -2.37. The van der Waals surface area contributed by atoms with Crippen LogP contribution in [-0.2, 0) is 20.8 Å². The van der Waals surface area contributed by atoms with Crippen molar-refractivity contribution in [2.45, 2.75) is 45.1 Å². The Bertz CT molecular complexity index is 671. The third-order valence-corrected chi connectivity index (χ3v) is 5.28.